The van der Waals surface area contributed by atoms with Crippen molar-refractivity contribution in [3.05, 3.63) is 63.7 Å². The molecule has 0 spiro atoms. The number of nitrogens with one attached hydrogen (secondary N) is 2. The maximum atomic E-state index is 13.0. The molecule has 11 nitrogen and oxygen atoms in total. The lowest BCUT2D eigenvalue weighted by atomic mass is 10.1. The maximum Gasteiger partial charge on any atom is 0.340 e. The smallest absolute Gasteiger partial charge is 0.340 e. The van der Waals surface area contributed by atoms with Gasteiger partial charge in [-0.15, -0.1) is 22.7 Å². The molecule has 0 saturated heterocycles. The molecular formula is C27H25N3O8S2. The number of anilines is 2. The van der Waals surface area contributed by atoms with Gasteiger partial charge in [0.15, 0.2) is 34.7 Å². The number of carbonyl (C=O) groups is 3. The highest BCUT2D eigenvalue weighted by Crippen LogP contribution is 2.35. The van der Waals surface area contributed by atoms with Gasteiger partial charge in [0.05, 0.1) is 50.3 Å². The fraction of sp³-hybridized carbons (Fsp3) is 0.185. The van der Waals surface area contributed by atoms with Crippen LogP contribution in [0.2, 0.25) is 0 Å². The summed E-state index contributed by atoms with van der Waals surface area (Å²) in [6.45, 7) is -0.587. The van der Waals surface area contributed by atoms with E-state index < -0.39 is 24.4 Å². The fourth-order valence-corrected chi connectivity index (χ4v) is 4.92. The Labute approximate surface area is 237 Å². The molecule has 4 aromatic rings. The number of hydrogen-bond acceptors (Lipinski definition) is 11. The van der Waals surface area contributed by atoms with E-state index in [-0.39, 0.29) is 17.0 Å². The first-order chi connectivity index (χ1) is 19.4. The molecule has 0 atom stereocenters. The second kappa shape index (κ2) is 13.0. The van der Waals surface area contributed by atoms with Gasteiger partial charge in [0.2, 0.25) is 0 Å². The van der Waals surface area contributed by atoms with Gasteiger partial charge in [-0.25, -0.2) is 9.78 Å². The number of amides is 2. The second-order valence-electron chi connectivity index (χ2n) is 7.92. The zero-order chi connectivity index (χ0) is 28.6. The lowest BCUT2D eigenvalue weighted by molar-refractivity contribution is -0.119. The van der Waals surface area contributed by atoms with Crippen molar-refractivity contribution in [2.24, 2.45) is 0 Å². The minimum atomic E-state index is -0.845. The first-order valence-electron chi connectivity index (χ1n) is 11.6. The SMILES string of the molecule is COc1ccc(-c2csc(NC(=O)COC(=O)c3cc(OC)c(OC)cc3NC(=O)c3cccs3)n2)cc1OC. The number of rotatable bonds is 11. The molecule has 0 aliphatic carbocycles. The van der Waals surface area contributed by atoms with E-state index in [0.717, 1.165) is 5.56 Å². The van der Waals surface area contributed by atoms with Gasteiger partial charge in [0.25, 0.3) is 11.8 Å². The summed E-state index contributed by atoms with van der Waals surface area (Å²) in [7, 11) is 5.93. The van der Waals surface area contributed by atoms with Crippen LogP contribution in [0.5, 0.6) is 23.0 Å². The monoisotopic (exact) mass is 583 g/mol. The Hall–Kier alpha value is -4.62. The summed E-state index contributed by atoms with van der Waals surface area (Å²) in [5, 5.41) is 9.16. The van der Waals surface area contributed by atoms with Crippen LogP contribution in [0.3, 0.4) is 0 Å². The van der Waals surface area contributed by atoms with E-state index in [1.807, 2.05) is 6.07 Å². The second-order valence-corrected chi connectivity index (χ2v) is 9.72. The molecular weight excluding hydrogens is 558 g/mol. The molecule has 40 heavy (non-hydrogen) atoms. The maximum absolute atomic E-state index is 13.0. The number of benzene rings is 2. The van der Waals surface area contributed by atoms with Crippen molar-refractivity contribution in [3.8, 4) is 34.3 Å². The van der Waals surface area contributed by atoms with Crippen molar-refractivity contribution in [1.82, 2.24) is 4.98 Å². The lowest BCUT2D eigenvalue weighted by Crippen LogP contribution is -2.22. The molecule has 4 rings (SSSR count). The zero-order valence-electron chi connectivity index (χ0n) is 21.9. The quantitative estimate of drug-likeness (QED) is 0.235. The molecule has 2 amide bonds. The van der Waals surface area contributed by atoms with Crippen molar-refractivity contribution in [2.75, 3.05) is 45.7 Å². The van der Waals surface area contributed by atoms with Gasteiger partial charge in [-0.05, 0) is 29.6 Å². The van der Waals surface area contributed by atoms with E-state index in [1.54, 1.807) is 42.1 Å². The molecule has 0 fully saturated rings. The fourth-order valence-electron chi connectivity index (χ4n) is 3.57. The van der Waals surface area contributed by atoms with E-state index in [4.69, 9.17) is 23.7 Å². The lowest BCUT2D eigenvalue weighted by Gasteiger charge is -2.15. The molecule has 208 valence electrons. The predicted octanol–water partition coefficient (Wildman–Crippen LogP) is 4.95. The Morgan fingerprint density at radius 2 is 1.52 bits per heavy atom. The van der Waals surface area contributed by atoms with Gasteiger partial charge in [0, 0.05) is 23.1 Å². The minimum absolute atomic E-state index is 0.0136. The largest absolute Gasteiger partial charge is 0.493 e. The molecule has 13 heteroatoms. The van der Waals surface area contributed by atoms with E-state index in [9.17, 15) is 14.4 Å². The molecule has 2 heterocycles. The van der Waals surface area contributed by atoms with Gasteiger partial charge >= 0.3 is 5.97 Å². The van der Waals surface area contributed by atoms with Crippen molar-refractivity contribution in [1.29, 1.82) is 0 Å². The average Bonchev–Trinajstić information content (AvgIpc) is 3.68. The molecule has 0 saturated carbocycles. The van der Waals surface area contributed by atoms with Crippen LogP contribution in [0.15, 0.2) is 53.2 Å². The predicted molar refractivity (Wildman–Crippen MR) is 151 cm³/mol. The normalized spacial score (nSPS) is 10.4. The van der Waals surface area contributed by atoms with Crippen molar-refractivity contribution in [3.63, 3.8) is 0 Å². The van der Waals surface area contributed by atoms with Crippen molar-refractivity contribution < 1.29 is 38.1 Å². The topological polar surface area (TPSA) is 134 Å². The molecule has 2 aromatic heterocycles. The van der Waals surface area contributed by atoms with Crippen LogP contribution in [0.4, 0.5) is 10.8 Å². The van der Waals surface area contributed by atoms with Gasteiger partial charge in [-0.3, -0.25) is 14.9 Å². The summed E-state index contributed by atoms with van der Waals surface area (Å²) < 4.78 is 26.4. The van der Waals surface area contributed by atoms with Crippen LogP contribution in [0.25, 0.3) is 11.3 Å². The highest BCUT2D eigenvalue weighted by Gasteiger charge is 2.22. The number of hydrogen-bond donors (Lipinski definition) is 2. The molecule has 0 unspecified atom stereocenters. The van der Waals surface area contributed by atoms with E-state index in [0.29, 0.717) is 33.0 Å². The van der Waals surface area contributed by atoms with Gasteiger partial charge in [0.1, 0.15) is 0 Å². The van der Waals surface area contributed by atoms with Crippen LogP contribution < -0.4 is 29.6 Å². The number of esters is 1. The van der Waals surface area contributed by atoms with Crippen LogP contribution in [0.1, 0.15) is 20.0 Å². The van der Waals surface area contributed by atoms with Gasteiger partial charge in [-0.2, -0.15) is 0 Å². The highest BCUT2D eigenvalue weighted by molar-refractivity contribution is 7.14. The Morgan fingerprint density at radius 1 is 0.825 bits per heavy atom. The molecule has 2 aromatic carbocycles. The third-order valence-electron chi connectivity index (χ3n) is 5.50. The summed E-state index contributed by atoms with van der Waals surface area (Å²) >= 11 is 2.46. The van der Waals surface area contributed by atoms with E-state index in [1.165, 1.54) is 56.1 Å². The third-order valence-corrected chi connectivity index (χ3v) is 7.13. The number of nitrogens with zero attached hydrogens (tertiary/aromatic N) is 1. The van der Waals surface area contributed by atoms with Crippen molar-refractivity contribution in [2.45, 2.75) is 0 Å². The molecule has 0 radical (unpaired) electrons. The van der Waals surface area contributed by atoms with Crippen LogP contribution in [-0.4, -0.2) is 57.8 Å². The molecule has 2 N–H and O–H groups in total. The summed E-state index contributed by atoms with van der Waals surface area (Å²) in [6.07, 6.45) is 0. The first kappa shape index (κ1) is 28.4. The third kappa shape index (κ3) is 6.50. The van der Waals surface area contributed by atoms with Crippen LogP contribution in [-0.2, 0) is 9.53 Å². The number of ether oxygens (including phenoxy) is 5. The number of aromatic nitrogens is 1. The van der Waals surface area contributed by atoms with Gasteiger partial charge < -0.3 is 29.0 Å². The summed E-state index contributed by atoms with van der Waals surface area (Å²) in [5.74, 6) is -0.171. The Balaban J connectivity index is 1.44. The van der Waals surface area contributed by atoms with E-state index >= 15 is 0 Å². The number of thiophene rings is 1. The van der Waals surface area contributed by atoms with Crippen LogP contribution >= 0.6 is 22.7 Å². The Bertz CT molecular complexity index is 1520. The summed E-state index contributed by atoms with van der Waals surface area (Å²) in [5.41, 5.74) is 1.52. The number of methoxy groups -OCH3 is 4. The standard InChI is InChI=1S/C27H25N3O8S2/c1-34-19-8-7-15(10-20(19)35-2)18-14-40-27(29-18)30-24(31)13-38-26(33)16-11-21(36-3)22(37-4)12-17(16)28-25(32)23-6-5-9-39-23/h5-12,14H,13H2,1-4H3,(H,28,32)(H,29,30,31). The first-order valence-corrected chi connectivity index (χ1v) is 13.4. The number of carbonyl (C=O) groups excluding carboxylic acids is 3. The summed E-state index contributed by atoms with van der Waals surface area (Å²) in [6, 6.07) is 11.6. The van der Waals surface area contributed by atoms with Gasteiger partial charge in [-0.1, -0.05) is 6.07 Å². The zero-order valence-corrected chi connectivity index (χ0v) is 23.6. The molecule has 0 aliphatic rings. The van der Waals surface area contributed by atoms with Crippen molar-refractivity contribution >= 4 is 51.3 Å². The van der Waals surface area contributed by atoms with E-state index in [2.05, 4.69) is 15.6 Å². The molecule has 0 aliphatic heterocycles. The highest BCUT2D eigenvalue weighted by atomic mass is 32.1. The minimum Gasteiger partial charge on any atom is -0.493 e. The Morgan fingerprint density at radius 3 is 2.20 bits per heavy atom. The summed E-state index contributed by atoms with van der Waals surface area (Å²) in [4.78, 5) is 43.0. The number of thiazole rings is 1. The average molecular weight is 584 g/mol. The Kier molecular flexibility index (Phi) is 9.19. The molecule has 0 bridgehead atoms. The van der Waals surface area contributed by atoms with Crippen LogP contribution in [0, 0.1) is 0 Å².